The molecule has 21 atom stereocenters. The van der Waals surface area contributed by atoms with Gasteiger partial charge in [-0.1, -0.05) is 13.8 Å². The normalized spacial score (nSPS) is 51.7. The number of esters is 2. The Bertz CT molecular complexity index is 1630. The van der Waals surface area contributed by atoms with Gasteiger partial charge in [0.1, 0.15) is 36.8 Å². The molecule has 0 amide bonds. The van der Waals surface area contributed by atoms with E-state index in [-0.39, 0.29) is 66.9 Å². The molecule has 8 aliphatic rings. The molecule has 0 aromatic heterocycles. The van der Waals surface area contributed by atoms with Gasteiger partial charge >= 0.3 is 11.9 Å². The Morgan fingerprint density at radius 1 is 0.767 bits per heavy atom. The van der Waals surface area contributed by atoms with Gasteiger partial charge in [-0.2, -0.15) is 0 Å². The predicted molar refractivity (Wildman–Crippen MR) is 210 cm³/mol. The summed E-state index contributed by atoms with van der Waals surface area (Å²) in [6.45, 7) is 12.9. The standard InChI is InChI=1S/C45H68O15/c1-21(46)29-19-45(52)31-9-8-27-15-28(10-12-43(27,6)30(31)11-13-44(45,7)39(29)26-14-35(50)53-20-26)58-36-16-32(48)41(23(3)55-36)59-37-17-33(49)42(24(4)56-37)60-38-18-34(57-25(5)47)40(51)22(2)54-38/h14,22-24,27-34,36-42,48-49,51-52H,8-13,15-20H2,1-7H3/t22-,23-,24-,27-,28+,29?,30+,31-,32+,33+,34+,36+,37+,38+,39+,40-,41?,42-,43+,44-,45+/m1/s1. The lowest BCUT2D eigenvalue weighted by atomic mass is 9.43. The van der Waals surface area contributed by atoms with Crippen molar-refractivity contribution in [3.05, 3.63) is 11.6 Å². The fourth-order valence-electron chi connectivity index (χ4n) is 13.6. The number of ether oxygens (including phenoxy) is 8. The van der Waals surface area contributed by atoms with Crippen LogP contribution >= 0.6 is 0 Å². The maximum Gasteiger partial charge on any atom is 0.331 e. The zero-order valence-electron chi connectivity index (χ0n) is 36.2. The second-order valence-electron chi connectivity index (χ2n) is 20.1. The Hall–Kier alpha value is -2.05. The smallest absolute Gasteiger partial charge is 0.331 e. The zero-order chi connectivity index (χ0) is 43.1. The summed E-state index contributed by atoms with van der Waals surface area (Å²) in [5.74, 6) is -0.575. The van der Waals surface area contributed by atoms with E-state index in [1.165, 1.54) is 6.92 Å². The molecule has 15 nitrogen and oxygen atoms in total. The van der Waals surface area contributed by atoms with Crippen LogP contribution in [-0.4, -0.2) is 130 Å². The molecular weight excluding hydrogens is 780 g/mol. The van der Waals surface area contributed by atoms with Crippen LogP contribution in [0, 0.1) is 40.4 Å². The number of fused-ring (bicyclic) bond motifs is 5. The molecule has 15 heteroatoms. The van der Waals surface area contributed by atoms with Crippen LogP contribution in [0.1, 0.15) is 119 Å². The van der Waals surface area contributed by atoms with Crippen LogP contribution in [0.2, 0.25) is 0 Å². The Labute approximate surface area is 353 Å². The molecular formula is C45H68O15. The van der Waals surface area contributed by atoms with E-state index in [4.69, 9.17) is 37.9 Å². The molecule has 7 fully saturated rings. The summed E-state index contributed by atoms with van der Waals surface area (Å²) in [4.78, 5) is 36.8. The molecule has 4 heterocycles. The Balaban J connectivity index is 0.837. The van der Waals surface area contributed by atoms with E-state index in [2.05, 4.69) is 13.8 Å². The van der Waals surface area contributed by atoms with Crippen molar-refractivity contribution in [2.75, 3.05) is 6.61 Å². The van der Waals surface area contributed by atoms with Crippen molar-refractivity contribution in [2.24, 2.45) is 40.4 Å². The molecule has 0 aromatic rings. The van der Waals surface area contributed by atoms with Crippen LogP contribution in [0.15, 0.2) is 11.6 Å². The van der Waals surface area contributed by atoms with Crippen molar-refractivity contribution < 1.29 is 72.7 Å². The van der Waals surface area contributed by atoms with E-state index in [1.54, 1.807) is 26.8 Å². The van der Waals surface area contributed by atoms with Crippen LogP contribution in [-0.2, 0) is 52.3 Å². The van der Waals surface area contributed by atoms with Crippen molar-refractivity contribution in [2.45, 2.75) is 205 Å². The molecule has 2 unspecified atom stereocenters. The van der Waals surface area contributed by atoms with Gasteiger partial charge in [0, 0.05) is 49.5 Å². The number of ketones is 1. The van der Waals surface area contributed by atoms with Gasteiger partial charge in [0.15, 0.2) is 18.9 Å². The van der Waals surface area contributed by atoms with Crippen LogP contribution in [0.5, 0.6) is 0 Å². The van der Waals surface area contributed by atoms with E-state index in [1.807, 2.05) is 6.92 Å². The second kappa shape index (κ2) is 16.8. The lowest BCUT2D eigenvalue weighted by molar-refractivity contribution is -0.336. The van der Waals surface area contributed by atoms with Gasteiger partial charge < -0.3 is 58.3 Å². The van der Waals surface area contributed by atoms with Gasteiger partial charge in [-0.15, -0.1) is 0 Å². The highest BCUT2D eigenvalue weighted by Gasteiger charge is 2.70. The van der Waals surface area contributed by atoms with Gasteiger partial charge in [0.25, 0.3) is 0 Å². The third-order valence-electron chi connectivity index (χ3n) is 16.7. The van der Waals surface area contributed by atoms with E-state index >= 15 is 0 Å². The summed E-state index contributed by atoms with van der Waals surface area (Å²) in [5, 5.41) is 45.8. The first-order chi connectivity index (χ1) is 28.3. The number of cyclic esters (lactones) is 1. The monoisotopic (exact) mass is 848 g/mol. The number of aliphatic hydroxyl groups excluding tert-OH is 3. The molecule has 0 radical (unpaired) electrons. The van der Waals surface area contributed by atoms with Gasteiger partial charge in [-0.25, -0.2) is 4.79 Å². The molecule has 0 bridgehead atoms. The molecule has 4 saturated carbocycles. The highest BCUT2D eigenvalue weighted by molar-refractivity contribution is 5.86. The fraction of sp³-hybridized carbons (Fsp3) is 0.889. The maximum atomic E-state index is 13.1. The Morgan fingerprint density at radius 3 is 1.97 bits per heavy atom. The zero-order valence-corrected chi connectivity index (χ0v) is 36.2. The van der Waals surface area contributed by atoms with Crippen LogP contribution in [0.4, 0.5) is 0 Å². The van der Waals surface area contributed by atoms with E-state index in [9.17, 15) is 34.8 Å². The first kappa shape index (κ1) is 44.6. The highest BCUT2D eigenvalue weighted by atomic mass is 16.7. The van der Waals surface area contributed by atoms with Gasteiger partial charge in [0.05, 0.1) is 42.2 Å². The number of carbonyl (C=O) groups is 3. The lowest BCUT2D eigenvalue weighted by Crippen LogP contribution is -2.62. The van der Waals surface area contributed by atoms with Crippen LogP contribution in [0.25, 0.3) is 0 Å². The van der Waals surface area contributed by atoms with Gasteiger partial charge in [-0.3, -0.25) is 9.59 Å². The SMILES string of the molecule is CC(=O)O[C@H]1C[C@H](O[C@H]2[C@@H](O)C[C@H](OC3[C@@H](O)C[C@H](O[C@H]4CC[C@@]5(C)[C@H](CC[C@@H]6[C@@H]5CC[C@]5(C)[C@@H](C7=CC(=O)OC7)C(C(C)=O)C[C@]65O)C4)O[C@@H]3C)O[C@@H]2C)O[C@H](C)[C@H]1O. The summed E-state index contributed by atoms with van der Waals surface area (Å²) < 4.78 is 47.8. The molecule has 0 aromatic carbocycles. The Morgan fingerprint density at radius 2 is 1.38 bits per heavy atom. The summed E-state index contributed by atoms with van der Waals surface area (Å²) in [5.41, 5.74) is -0.659. The molecule has 8 rings (SSSR count). The summed E-state index contributed by atoms with van der Waals surface area (Å²) in [6.07, 6.45) is -0.642. The third-order valence-corrected chi connectivity index (χ3v) is 16.7. The largest absolute Gasteiger partial charge is 0.459 e. The number of carbonyl (C=O) groups excluding carboxylic acids is 3. The summed E-state index contributed by atoms with van der Waals surface area (Å²) >= 11 is 0. The number of Topliss-reactive ketones (excluding diaryl/α,β-unsaturated/α-hetero) is 1. The summed E-state index contributed by atoms with van der Waals surface area (Å²) in [7, 11) is 0. The maximum absolute atomic E-state index is 13.1. The van der Waals surface area contributed by atoms with E-state index in [0.717, 1.165) is 50.5 Å². The topological polar surface area (TPSA) is 206 Å². The fourth-order valence-corrected chi connectivity index (χ4v) is 13.6. The first-order valence-corrected chi connectivity index (χ1v) is 22.6. The Kier molecular flexibility index (Phi) is 12.5. The first-order valence-electron chi connectivity index (χ1n) is 22.6. The van der Waals surface area contributed by atoms with Gasteiger partial charge in [0.2, 0.25) is 0 Å². The molecule has 338 valence electrons. The van der Waals surface area contributed by atoms with Crippen molar-refractivity contribution in [3.8, 4) is 0 Å². The van der Waals surface area contributed by atoms with Crippen LogP contribution in [0.3, 0.4) is 0 Å². The van der Waals surface area contributed by atoms with Crippen molar-refractivity contribution in [1.29, 1.82) is 0 Å². The number of rotatable bonds is 9. The van der Waals surface area contributed by atoms with Crippen molar-refractivity contribution in [3.63, 3.8) is 0 Å². The second-order valence-corrected chi connectivity index (χ2v) is 20.1. The van der Waals surface area contributed by atoms with E-state index in [0.29, 0.717) is 18.3 Å². The molecule has 4 N–H and O–H groups in total. The predicted octanol–water partition coefficient (Wildman–Crippen LogP) is 3.63. The molecule has 60 heavy (non-hydrogen) atoms. The average Bonchev–Trinajstić information content (AvgIpc) is 3.70. The molecule has 0 spiro atoms. The minimum atomic E-state index is -1.01. The highest BCUT2D eigenvalue weighted by Crippen LogP contribution is 2.71. The van der Waals surface area contributed by atoms with Crippen molar-refractivity contribution in [1.82, 2.24) is 0 Å². The minimum Gasteiger partial charge on any atom is -0.459 e. The van der Waals surface area contributed by atoms with Gasteiger partial charge in [-0.05, 0) is 108 Å². The molecule has 3 saturated heterocycles. The third kappa shape index (κ3) is 7.93. The average molecular weight is 849 g/mol. The number of aliphatic hydroxyl groups is 4. The van der Waals surface area contributed by atoms with E-state index < -0.39 is 90.8 Å². The van der Waals surface area contributed by atoms with Crippen LogP contribution < -0.4 is 0 Å². The quantitative estimate of drug-likeness (QED) is 0.193. The minimum absolute atomic E-state index is 0.0108. The molecule has 4 aliphatic carbocycles. The number of hydrogen-bond donors (Lipinski definition) is 4. The summed E-state index contributed by atoms with van der Waals surface area (Å²) in [6, 6.07) is 0. The van der Waals surface area contributed by atoms with Crippen molar-refractivity contribution >= 4 is 17.7 Å². The molecule has 4 aliphatic heterocycles. The number of hydrogen-bond acceptors (Lipinski definition) is 15. The lowest BCUT2D eigenvalue weighted by Gasteiger charge is -2.63.